The molecule has 1 aromatic rings. The summed E-state index contributed by atoms with van der Waals surface area (Å²) in [6.07, 6.45) is 4.35. The standard InChI is InChI=1S/C13H22N2O3S/c1-10-9-18-12(15-10)19-8-6-5-7-13(2,14-3)11(16)17-4/h9,14H,5-8H2,1-4H3. The van der Waals surface area contributed by atoms with Crippen molar-refractivity contribution >= 4 is 17.7 Å². The number of nitrogens with one attached hydrogen (secondary N) is 1. The van der Waals surface area contributed by atoms with Gasteiger partial charge in [0.15, 0.2) is 0 Å². The van der Waals surface area contributed by atoms with E-state index in [1.54, 1.807) is 25.1 Å². The third kappa shape index (κ3) is 4.87. The minimum atomic E-state index is -0.598. The quantitative estimate of drug-likeness (QED) is 0.450. The molecule has 5 nitrogen and oxygen atoms in total. The van der Waals surface area contributed by atoms with E-state index in [4.69, 9.17) is 9.15 Å². The molecule has 0 aromatic carbocycles. The predicted octanol–water partition coefficient (Wildman–Crippen LogP) is 2.40. The summed E-state index contributed by atoms with van der Waals surface area (Å²) in [6, 6.07) is 0. The van der Waals surface area contributed by atoms with Crippen LogP contribution < -0.4 is 5.32 Å². The van der Waals surface area contributed by atoms with Gasteiger partial charge in [-0.2, -0.15) is 0 Å². The molecule has 1 rings (SSSR count). The maximum absolute atomic E-state index is 11.6. The van der Waals surface area contributed by atoms with Crippen molar-refractivity contribution in [3.05, 3.63) is 12.0 Å². The molecule has 0 aliphatic rings. The van der Waals surface area contributed by atoms with E-state index in [-0.39, 0.29) is 5.97 Å². The Bertz CT molecular complexity index is 408. The minimum Gasteiger partial charge on any atom is -0.468 e. The molecule has 1 N–H and O–H groups in total. The lowest BCUT2D eigenvalue weighted by Gasteiger charge is -2.25. The van der Waals surface area contributed by atoms with Crippen LogP contribution in [0.25, 0.3) is 0 Å². The van der Waals surface area contributed by atoms with Gasteiger partial charge < -0.3 is 14.5 Å². The fourth-order valence-electron chi connectivity index (χ4n) is 1.69. The average Bonchev–Trinajstić information content (AvgIpc) is 2.82. The maximum Gasteiger partial charge on any atom is 0.325 e. The first-order chi connectivity index (χ1) is 9.01. The van der Waals surface area contributed by atoms with Crippen LogP contribution >= 0.6 is 11.8 Å². The Balaban J connectivity index is 2.24. The third-order valence-electron chi connectivity index (χ3n) is 3.08. The van der Waals surface area contributed by atoms with Crippen LogP contribution in [0.4, 0.5) is 0 Å². The molecule has 1 heterocycles. The number of aromatic nitrogens is 1. The van der Waals surface area contributed by atoms with E-state index < -0.39 is 5.54 Å². The van der Waals surface area contributed by atoms with Gasteiger partial charge in [0.1, 0.15) is 11.8 Å². The number of ether oxygens (including phenoxy) is 1. The normalized spacial score (nSPS) is 14.1. The zero-order valence-corrected chi connectivity index (χ0v) is 12.8. The second-order valence-corrected chi connectivity index (χ2v) is 5.68. The Morgan fingerprint density at radius 3 is 2.84 bits per heavy atom. The summed E-state index contributed by atoms with van der Waals surface area (Å²) in [4.78, 5) is 15.9. The number of unbranched alkanes of at least 4 members (excludes halogenated alkanes) is 1. The Hall–Kier alpha value is -1.01. The monoisotopic (exact) mass is 286 g/mol. The fraction of sp³-hybridized carbons (Fsp3) is 0.692. The molecule has 0 amide bonds. The average molecular weight is 286 g/mol. The van der Waals surface area contributed by atoms with E-state index in [0.29, 0.717) is 5.22 Å². The Labute approximate surface area is 118 Å². The molecule has 0 fully saturated rings. The van der Waals surface area contributed by atoms with E-state index in [0.717, 1.165) is 30.7 Å². The number of likely N-dealkylation sites (N-methyl/N-ethyl adjacent to an activating group) is 1. The molecule has 0 spiro atoms. The van der Waals surface area contributed by atoms with Crippen molar-refractivity contribution in [3.8, 4) is 0 Å². The lowest BCUT2D eigenvalue weighted by molar-refractivity contribution is -0.148. The number of thioether (sulfide) groups is 1. The topological polar surface area (TPSA) is 64.4 Å². The van der Waals surface area contributed by atoms with Gasteiger partial charge in [0.25, 0.3) is 5.22 Å². The van der Waals surface area contributed by atoms with Crippen LogP contribution in [0.2, 0.25) is 0 Å². The molecule has 1 aromatic heterocycles. The lowest BCUT2D eigenvalue weighted by atomic mass is 9.95. The highest BCUT2D eigenvalue weighted by Gasteiger charge is 2.31. The SMILES string of the molecule is CNC(C)(CCCCSc1nc(C)co1)C(=O)OC. The summed E-state index contributed by atoms with van der Waals surface area (Å²) >= 11 is 1.60. The first kappa shape index (κ1) is 16.0. The van der Waals surface area contributed by atoms with E-state index in [2.05, 4.69) is 10.3 Å². The smallest absolute Gasteiger partial charge is 0.325 e. The van der Waals surface area contributed by atoms with Crippen molar-refractivity contribution in [1.82, 2.24) is 10.3 Å². The number of oxazole rings is 1. The molecule has 108 valence electrons. The number of rotatable bonds is 8. The molecule has 1 unspecified atom stereocenters. The molecule has 0 aliphatic carbocycles. The number of methoxy groups -OCH3 is 1. The van der Waals surface area contributed by atoms with Crippen LogP contribution in [0.15, 0.2) is 15.9 Å². The largest absolute Gasteiger partial charge is 0.468 e. The number of hydrogen-bond donors (Lipinski definition) is 1. The van der Waals surface area contributed by atoms with Gasteiger partial charge in [-0.15, -0.1) is 0 Å². The maximum atomic E-state index is 11.6. The first-order valence-corrected chi connectivity index (χ1v) is 7.32. The second-order valence-electron chi connectivity index (χ2n) is 4.63. The Morgan fingerprint density at radius 1 is 1.58 bits per heavy atom. The summed E-state index contributed by atoms with van der Waals surface area (Å²) in [6.45, 7) is 3.77. The highest BCUT2D eigenvalue weighted by molar-refractivity contribution is 7.99. The van der Waals surface area contributed by atoms with Crippen molar-refractivity contribution < 1.29 is 13.9 Å². The van der Waals surface area contributed by atoms with Gasteiger partial charge in [-0.05, 0) is 33.7 Å². The highest BCUT2D eigenvalue weighted by Crippen LogP contribution is 2.21. The molecule has 6 heteroatoms. The molecule has 19 heavy (non-hydrogen) atoms. The molecular weight excluding hydrogens is 264 g/mol. The van der Waals surface area contributed by atoms with Gasteiger partial charge in [0.2, 0.25) is 0 Å². The molecule has 0 saturated heterocycles. The van der Waals surface area contributed by atoms with Crippen LogP contribution in [0.3, 0.4) is 0 Å². The second kappa shape index (κ2) is 7.55. The zero-order chi connectivity index (χ0) is 14.3. The van der Waals surface area contributed by atoms with Crippen molar-refractivity contribution in [2.45, 2.75) is 43.9 Å². The summed E-state index contributed by atoms with van der Waals surface area (Å²) in [5.74, 6) is 0.715. The van der Waals surface area contributed by atoms with Gasteiger partial charge in [0, 0.05) is 5.75 Å². The summed E-state index contributed by atoms with van der Waals surface area (Å²) in [7, 11) is 3.19. The minimum absolute atomic E-state index is 0.217. The molecule has 0 bridgehead atoms. The molecule has 0 saturated carbocycles. The number of hydrogen-bond acceptors (Lipinski definition) is 6. The van der Waals surface area contributed by atoms with Gasteiger partial charge in [-0.25, -0.2) is 4.98 Å². The van der Waals surface area contributed by atoms with Crippen molar-refractivity contribution in [2.24, 2.45) is 0 Å². The number of esters is 1. The highest BCUT2D eigenvalue weighted by atomic mass is 32.2. The van der Waals surface area contributed by atoms with Crippen molar-refractivity contribution in [2.75, 3.05) is 19.9 Å². The summed E-state index contributed by atoms with van der Waals surface area (Å²) < 4.78 is 10.1. The third-order valence-corrected chi connectivity index (χ3v) is 4.01. The van der Waals surface area contributed by atoms with E-state index in [1.807, 2.05) is 13.8 Å². The van der Waals surface area contributed by atoms with Crippen molar-refractivity contribution in [1.29, 1.82) is 0 Å². The Kier molecular flexibility index (Phi) is 6.37. The fourth-order valence-corrected chi connectivity index (χ4v) is 2.54. The number of aryl methyl sites for hydroxylation is 1. The van der Waals surface area contributed by atoms with E-state index >= 15 is 0 Å². The molecule has 0 aliphatic heterocycles. The van der Waals surface area contributed by atoms with Crippen LogP contribution in [0.5, 0.6) is 0 Å². The first-order valence-electron chi connectivity index (χ1n) is 6.34. The van der Waals surface area contributed by atoms with E-state index in [1.165, 1.54) is 7.11 Å². The van der Waals surface area contributed by atoms with Gasteiger partial charge >= 0.3 is 5.97 Å². The zero-order valence-electron chi connectivity index (χ0n) is 12.0. The van der Waals surface area contributed by atoms with Gasteiger partial charge in [0.05, 0.1) is 12.8 Å². The summed E-state index contributed by atoms with van der Waals surface area (Å²) in [5, 5.41) is 3.74. The molecule has 0 radical (unpaired) electrons. The summed E-state index contributed by atoms with van der Waals surface area (Å²) in [5.41, 5.74) is 0.301. The molecular formula is C13H22N2O3S. The number of nitrogens with zero attached hydrogens (tertiary/aromatic N) is 1. The Morgan fingerprint density at radius 2 is 2.32 bits per heavy atom. The number of carbonyl (C=O) groups is 1. The lowest BCUT2D eigenvalue weighted by Crippen LogP contribution is -2.48. The predicted molar refractivity (Wildman–Crippen MR) is 75.3 cm³/mol. The van der Waals surface area contributed by atoms with Crippen LogP contribution in [-0.4, -0.2) is 36.4 Å². The van der Waals surface area contributed by atoms with Gasteiger partial charge in [-0.3, -0.25) is 4.79 Å². The van der Waals surface area contributed by atoms with Crippen molar-refractivity contribution in [3.63, 3.8) is 0 Å². The van der Waals surface area contributed by atoms with E-state index in [9.17, 15) is 4.79 Å². The number of carbonyl (C=O) groups excluding carboxylic acids is 1. The van der Waals surface area contributed by atoms with Crippen LogP contribution in [0, 0.1) is 6.92 Å². The van der Waals surface area contributed by atoms with Crippen LogP contribution in [0.1, 0.15) is 31.9 Å². The molecule has 1 atom stereocenters. The van der Waals surface area contributed by atoms with Crippen LogP contribution in [-0.2, 0) is 9.53 Å². The van der Waals surface area contributed by atoms with Gasteiger partial charge in [-0.1, -0.05) is 18.2 Å².